The van der Waals surface area contributed by atoms with Crippen molar-refractivity contribution in [3.05, 3.63) is 154 Å². The van der Waals surface area contributed by atoms with Gasteiger partial charge in [0.2, 0.25) is 0 Å². The summed E-state index contributed by atoms with van der Waals surface area (Å²) in [7, 11) is -2.66. The van der Waals surface area contributed by atoms with Gasteiger partial charge in [0.1, 0.15) is 13.2 Å². The number of fused-ring (bicyclic) bond motifs is 2. The van der Waals surface area contributed by atoms with Gasteiger partial charge >= 0.3 is 31.5 Å². The quantitative estimate of drug-likeness (QED) is 0.0698. The van der Waals surface area contributed by atoms with E-state index in [1.165, 1.54) is 13.0 Å². The van der Waals surface area contributed by atoms with E-state index in [4.69, 9.17) is 14.3 Å². The van der Waals surface area contributed by atoms with Gasteiger partial charge in [0.15, 0.2) is 0 Å². The second-order valence-electron chi connectivity index (χ2n) is 15.6. The van der Waals surface area contributed by atoms with E-state index in [9.17, 15) is 43.9 Å². The largest absolute Gasteiger partial charge is 0.598 e. The number of hydrogen-bond acceptors (Lipinski definition) is 4. The van der Waals surface area contributed by atoms with Gasteiger partial charge in [-0.25, -0.2) is 0 Å². The molecule has 328 valence electrons. The zero-order valence-corrected chi connectivity index (χ0v) is 34.8. The summed E-state index contributed by atoms with van der Waals surface area (Å²) in [5, 5.41) is 2.63. The Morgan fingerprint density at radius 1 is 0.603 bits per heavy atom. The number of allylic oxidation sites excluding steroid dienone is 2. The summed E-state index contributed by atoms with van der Waals surface area (Å²) in [5.41, 5.74) is 7.01. The topological polar surface area (TPSA) is 39.0 Å². The van der Waals surface area contributed by atoms with Gasteiger partial charge in [0, 0.05) is 50.4 Å². The first-order chi connectivity index (χ1) is 29.5. The summed E-state index contributed by atoms with van der Waals surface area (Å²) in [6.07, 6.45) is -10.6. The first-order valence-corrected chi connectivity index (χ1v) is 19.7. The molecule has 0 saturated heterocycles. The molecule has 0 aliphatic carbocycles. The van der Waals surface area contributed by atoms with Crippen LogP contribution in [-0.4, -0.2) is 54.9 Å². The number of aromatic nitrogens is 1. The highest BCUT2D eigenvalue weighted by Gasteiger charge is 2.60. The molecule has 0 bridgehead atoms. The van der Waals surface area contributed by atoms with E-state index in [2.05, 4.69) is 4.90 Å². The molecule has 6 aromatic rings. The van der Waals surface area contributed by atoms with Crippen molar-refractivity contribution < 1.29 is 53.2 Å². The van der Waals surface area contributed by atoms with Crippen LogP contribution >= 0.6 is 0 Å². The summed E-state index contributed by atoms with van der Waals surface area (Å²) in [5.74, 6) is -11.1. The van der Waals surface area contributed by atoms with E-state index in [0.29, 0.717) is 49.7 Å². The highest BCUT2D eigenvalue weighted by atomic mass is 19.4. The van der Waals surface area contributed by atoms with Crippen LogP contribution in [-0.2, 0) is 9.31 Å². The molecule has 1 aliphatic rings. The summed E-state index contributed by atoms with van der Waals surface area (Å²) in [4.78, 5) is 6.96. The maximum Gasteiger partial charge on any atom is 0.598 e. The van der Waals surface area contributed by atoms with Gasteiger partial charge in [-0.05, 0) is 99.9 Å². The molecule has 0 unspecified atom stereocenters. The summed E-state index contributed by atoms with van der Waals surface area (Å²) < 4.78 is 150. The average molecular weight is 880 g/mol. The lowest BCUT2D eigenvalue weighted by Gasteiger charge is -2.31. The number of rotatable bonds is 12. The van der Waals surface area contributed by atoms with Crippen molar-refractivity contribution in [1.29, 1.82) is 0 Å². The number of aliphatic imine (C=N–C) groups is 1. The smallest absolute Gasteiger partial charge is 0.385 e. The molecule has 16 heteroatoms. The van der Waals surface area contributed by atoms with Crippen molar-refractivity contribution in [3.63, 3.8) is 0 Å². The fourth-order valence-corrected chi connectivity index (χ4v) is 7.81. The maximum absolute atomic E-state index is 14.5. The standard InChI is InChI=1S/C47H40BF10N3O2/c1-27-15-19-33(20-16-27)60(34-21-17-28(2)18-22-34)43-37-13-9-7-11-35(37)39(36-12-8-10-14-38(36)43)40(41-29(3)23-31(5)59-41)42-30(4)24-32(6)61(42)48(62-25-44(49,50)46(53,54)55)63-26-45(51,52)47(56,57)58/h7-24H,25-26H2,1-6H3/b41-40-. The second-order valence-corrected chi connectivity index (χ2v) is 15.6. The minimum Gasteiger partial charge on any atom is -0.385 e. The molecule has 2 heterocycles. The van der Waals surface area contributed by atoms with Crippen molar-refractivity contribution in [3.8, 4) is 0 Å². The number of hydrogen-bond donors (Lipinski definition) is 0. The molecule has 63 heavy (non-hydrogen) atoms. The normalized spacial score (nSPS) is 14.7. The van der Waals surface area contributed by atoms with Gasteiger partial charge in [0.25, 0.3) is 0 Å². The third-order valence-corrected chi connectivity index (χ3v) is 10.8. The number of nitrogens with zero attached hydrogens (tertiary/aromatic N) is 3. The van der Waals surface area contributed by atoms with Gasteiger partial charge in [0.05, 0.1) is 11.4 Å². The van der Waals surface area contributed by atoms with Crippen LogP contribution in [0.4, 0.5) is 61.0 Å². The van der Waals surface area contributed by atoms with Gasteiger partial charge in [-0.3, -0.25) is 4.99 Å². The molecule has 0 fully saturated rings. The van der Waals surface area contributed by atoms with Crippen molar-refractivity contribution in [2.45, 2.75) is 65.7 Å². The Morgan fingerprint density at radius 2 is 1.03 bits per heavy atom. The summed E-state index contributed by atoms with van der Waals surface area (Å²) in [6.45, 7) is 5.43. The second kappa shape index (κ2) is 16.7. The monoisotopic (exact) mass is 879 g/mol. The number of halogens is 10. The van der Waals surface area contributed by atoms with E-state index < -0.39 is 44.7 Å². The number of anilines is 3. The minimum absolute atomic E-state index is 0.00123. The molecule has 0 atom stereocenters. The van der Waals surface area contributed by atoms with E-state index in [1.54, 1.807) is 39.0 Å². The summed E-state index contributed by atoms with van der Waals surface area (Å²) in [6, 6.07) is 32.2. The van der Waals surface area contributed by atoms with E-state index in [1.807, 2.05) is 98.8 Å². The average Bonchev–Trinajstić information content (AvgIpc) is 3.70. The lowest BCUT2D eigenvalue weighted by atomic mass is 9.85. The van der Waals surface area contributed by atoms with Crippen LogP contribution in [0.25, 0.3) is 27.1 Å². The van der Waals surface area contributed by atoms with Crippen molar-refractivity contribution >= 4 is 57.1 Å². The van der Waals surface area contributed by atoms with E-state index in [-0.39, 0.29) is 17.0 Å². The van der Waals surface area contributed by atoms with Gasteiger partial charge in [-0.15, -0.1) is 0 Å². The molecule has 1 aromatic heterocycles. The minimum atomic E-state index is -6.16. The molecule has 1 aliphatic heterocycles. The van der Waals surface area contributed by atoms with E-state index in [0.717, 1.165) is 32.7 Å². The predicted octanol–water partition coefficient (Wildman–Crippen LogP) is 13.9. The third kappa shape index (κ3) is 8.62. The van der Waals surface area contributed by atoms with Crippen molar-refractivity contribution in [2.24, 2.45) is 4.99 Å². The zero-order chi connectivity index (χ0) is 45.8. The molecule has 0 radical (unpaired) electrons. The van der Waals surface area contributed by atoms with Gasteiger partial charge < -0.3 is 18.7 Å². The third-order valence-electron chi connectivity index (χ3n) is 10.8. The Morgan fingerprint density at radius 3 is 1.43 bits per heavy atom. The highest BCUT2D eigenvalue weighted by Crippen LogP contribution is 2.50. The van der Waals surface area contributed by atoms with Crippen LogP contribution in [0.1, 0.15) is 47.5 Å². The number of benzene rings is 5. The van der Waals surface area contributed by atoms with Crippen LogP contribution in [0, 0.1) is 27.7 Å². The lowest BCUT2D eigenvalue weighted by molar-refractivity contribution is -0.295. The van der Waals surface area contributed by atoms with Crippen LogP contribution in [0.15, 0.2) is 125 Å². The number of alkyl halides is 10. The first kappa shape index (κ1) is 45.2. The van der Waals surface area contributed by atoms with Crippen LogP contribution in [0.5, 0.6) is 0 Å². The molecule has 7 rings (SSSR count). The van der Waals surface area contributed by atoms with E-state index >= 15 is 0 Å². The molecular weight excluding hydrogens is 839 g/mol. The molecule has 5 aromatic carbocycles. The fraction of sp³-hybridized carbons (Fsp3) is 0.255. The van der Waals surface area contributed by atoms with Gasteiger partial charge in [-0.1, -0.05) is 83.9 Å². The molecular formula is C47H40BF10N3O2. The Hall–Kier alpha value is -5.87. The zero-order valence-electron chi connectivity index (χ0n) is 34.8. The first-order valence-electron chi connectivity index (χ1n) is 19.7. The van der Waals surface area contributed by atoms with Crippen molar-refractivity contribution in [1.82, 2.24) is 4.48 Å². The fourth-order valence-electron chi connectivity index (χ4n) is 7.81. The Balaban J connectivity index is 1.57. The molecule has 0 saturated carbocycles. The number of aryl methyl sites for hydroxylation is 4. The molecule has 0 N–H and O–H groups in total. The maximum atomic E-state index is 14.5. The summed E-state index contributed by atoms with van der Waals surface area (Å²) >= 11 is 0. The van der Waals surface area contributed by atoms with Crippen LogP contribution < -0.4 is 4.90 Å². The SMILES string of the molecule is CC1=CC(C)=N/C1=C(/c1c2ccccc2c(N(c2ccc(C)cc2)c2ccc(C)cc2)c2ccccc12)c1c(C)cc(C)n1B(OCC(F)(F)C(F)(F)F)OCC(F)(F)C(F)(F)F. The van der Waals surface area contributed by atoms with Gasteiger partial charge in [-0.2, -0.15) is 43.9 Å². The van der Waals surface area contributed by atoms with Crippen molar-refractivity contribution in [2.75, 3.05) is 18.1 Å². The lowest BCUT2D eigenvalue weighted by Crippen LogP contribution is -2.48. The molecule has 5 nitrogen and oxygen atoms in total. The van der Waals surface area contributed by atoms with Crippen LogP contribution in [0.2, 0.25) is 0 Å². The molecule has 0 amide bonds. The Kier molecular flexibility index (Phi) is 12.0. The Labute approximate surface area is 357 Å². The van der Waals surface area contributed by atoms with Crippen LogP contribution in [0.3, 0.4) is 0 Å². The highest BCUT2D eigenvalue weighted by molar-refractivity contribution is 6.43. The molecule has 0 spiro atoms. The Bertz CT molecular complexity index is 2660. The predicted molar refractivity (Wildman–Crippen MR) is 227 cm³/mol.